The van der Waals surface area contributed by atoms with E-state index >= 15 is 0 Å². The van der Waals surface area contributed by atoms with Crippen LogP contribution in [0.4, 0.5) is 0 Å². The minimum atomic E-state index is -0.906. The molecule has 0 aliphatic carbocycles. The molecule has 27 heavy (non-hydrogen) atoms. The topological polar surface area (TPSA) is 66.8 Å². The number of likely N-dealkylation sites (tertiary alicyclic amines) is 1. The van der Waals surface area contributed by atoms with Crippen molar-refractivity contribution in [3.05, 3.63) is 65.7 Å². The van der Waals surface area contributed by atoms with Gasteiger partial charge in [-0.2, -0.15) is 0 Å². The highest BCUT2D eigenvalue weighted by Crippen LogP contribution is 2.36. The molecule has 3 rings (SSSR count). The van der Waals surface area contributed by atoms with Crippen LogP contribution in [0.2, 0.25) is 0 Å². The molecule has 2 aromatic carbocycles. The van der Waals surface area contributed by atoms with Crippen molar-refractivity contribution >= 4 is 11.9 Å². The highest BCUT2D eigenvalue weighted by molar-refractivity contribution is 5.83. The maximum atomic E-state index is 12.6. The summed E-state index contributed by atoms with van der Waals surface area (Å²) in [5.41, 5.74) is 0.842. The largest absolute Gasteiger partial charge is 0.494 e. The minimum Gasteiger partial charge on any atom is -0.494 e. The van der Waals surface area contributed by atoms with Crippen LogP contribution in [-0.2, 0) is 21.4 Å². The van der Waals surface area contributed by atoms with E-state index in [0.717, 1.165) is 16.9 Å². The van der Waals surface area contributed by atoms with Gasteiger partial charge in [-0.1, -0.05) is 42.5 Å². The molecule has 142 valence electrons. The molecule has 0 aromatic heterocycles. The molecule has 0 spiro atoms. The monoisotopic (exact) mass is 367 g/mol. The Bertz CT molecular complexity index is 778. The number of amides is 1. The van der Waals surface area contributed by atoms with Gasteiger partial charge in [0.1, 0.15) is 5.75 Å². The van der Waals surface area contributed by atoms with Gasteiger partial charge in [-0.25, -0.2) is 0 Å². The van der Waals surface area contributed by atoms with Gasteiger partial charge in [0.05, 0.1) is 18.4 Å². The summed E-state index contributed by atoms with van der Waals surface area (Å²) in [4.78, 5) is 26.4. The molecule has 1 aliphatic heterocycles. The van der Waals surface area contributed by atoms with Crippen molar-refractivity contribution in [1.29, 1.82) is 0 Å². The van der Waals surface area contributed by atoms with Crippen LogP contribution in [0.5, 0.6) is 5.75 Å². The highest BCUT2D eigenvalue weighted by atomic mass is 16.5. The molecule has 1 aliphatic rings. The summed E-state index contributed by atoms with van der Waals surface area (Å²) in [5.74, 6) is 0.0132. The quantitative estimate of drug-likeness (QED) is 0.851. The zero-order chi connectivity index (χ0) is 19.3. The van der Waals surface area contributed by atoms with Crippen molar-refractivity contribution in [2.75, 3.05) is 19.7 Å². The van der Waals surface area contributed by atoms with E-state index in [1.165, 1.54) is 0 Å². The molecule has 0 unspecified atom stereocenters. The van der Waals surface area contributed by atoms with Crippen molar-refractivity contribution in [1.82, 2.24) is 4.90 Å². The van der Waals surface area contributed by atoms with Crippen LogP contribution in [0.15, 0.2) is 54.6 Å². The predicted molar refractivity (Wildman–Crippen MR) is 103 cm³/mol. The fourth-order valence-corrected chi connectivity index (χ4v) is 3.68. The molecule has 2 aromatic rings. The zero-order valence-electron chi connectivity index (χ0n) is 15.6. The second-order valence-electron chi connectivity index (χ2n) is 6.89. The van der Waals surface area contributed by atoms with Crippen LogP contribution in [-0.4, -0.2) is 41.6 Å². The van der Waals surface area contributed by atoms with Gasteiger partial charge in [-0.15, -0.1) is 0 Å². The van der Waals surface area contributed by atoms with Gasteiger partial charge in [0, 0.05) is 13.1 Å². The van der Waals surface area contributed by atoms with E-state index < -0.39 is 11.4 Å². The third kappa shape index (κ3) is 4.13. The Labute approximate surface area is 159 Å². The van der Waals surface area contributed by atoms with Gasteiger partial charge in [0.25, 0.3) is 0 Å². The number of piperidine rings is 1. The fourth-order valence-electron chi connectivity index (χ4n) is 3.68. The maximum absolute atomic E-state index is 12.6. The molecule has 0 saturated carbocycles. The molecule has 0 radical (unpaired) electrons. The van der Waals surface area contributed by atoms with E-state index in [-0.39, 0.29) is 5.91 Å². The lowest BCUT2D eigenvalue weighted by Crippen LogP contribution is -2.49. The van der Waals surface area contributed by atoms with Crippen molar-refractivity contribution in [2.24, 2.45) is 0 Å². The SMILES string of the molecule is CCOc1ccc(CC(=O)N2CCC(C(=O)O)(c3ccccc3)CC2)cc1. The van der Waals surface area contributed by atoms with E-state index in [0.29, 0.717) is 39.0 Å². The van der Waals surface area contributed by atoms with Crippen molar-refractivity contribution in [3.63, 3.8) is 0 Å². The predicted octanol–water partition coefficient (Wildman–Crippen LogP) is 3.27. The first-order valence-corrected chi connectivity index (χ1v) is 9.33. The number of carboxylic acid groups (broad SMARTS) is 1. The number of aliphatic carboxylic acids is 1. The summed E-state index contributed by atoms with van der Waals surface area (Å²) >= 11 is 0. The van der Waals surface area contributed by atoms with E-state index in [2.05, 4.69) is 0 Å². The van der Waals surface area contributed by atoms with Gasteiger partial charge in [-0.05, 0) is 43.0 Å². The van der Waals surface area contributed by atoms with Crippen molar-refractivity contribution in [3.8, 4) is 5.75 Å². The molecular formula is C22H25NO4. The molecule has 1 fully saturated rings. The fraction of sp³-hybridized carbons (Fsp3) is 0.364. The van der Waals surface area contributed by atoms with Crippen LogP contribution in [0.3, 0.4) is 0 Å². The lowest BCUT2D eigenvalue weighted by Gasteiger charge is -2.39. The summed E-state index contributed by atoms with van der Waals surface area (Å²) in [6, 6.07) is 16.9. The lowest BCUT2D eigenvalue weighted by atomic mass is 9.73. The smallest absolute Gasteiger partial charge is 0.314 e. The number of rotatable bonds is 6. The molecule has 1 amide bonds. The van der Waals surface area contributed by atoms with E-state index in [4.69, 9.17) is 4.74 Å². The van der Waals surface area contributed by atoms with Gasteiger partial charge < -0.3 is 14.7 Å². The van der Waals surface area contributed by atoms with Crippen molar-refractivity contribution in [2.45, 2.75) is 31.6 Å². The normalized spacial score (nSPS) is 16.0. The summed E-state index contributed by atoms with van der Waals surface area (Å²) in [5, 5.41) is 9.86. The van der Waals surface area contributed by atoms with Gasteiger partial charge in [0.15, 0.2) is 0 Å². The Morgan fingerprint density at radius 3 is 2.22 bits per heavy atom. The van der Waals surface area contributed by atoms with Gasteiger partial charge in [0.2, 0.25) is 5.91 Å². The minimum absolute atomic E-state index is 0.0335. The summed E-state index contributed by atoms with van der Waals surface area (Å²) in [7, 11) is 0. The average molecular weight is 367 g/mol. The molecule has 1 saturated heterocycles. The first kappa shape index (κ1) is 19.0. The molecule has 5 heteroatoms. The van der Waals surface area contributed by atoms with E-state index in [1.54, 1.807) is 4.90 Å². The van der Waals surface area contributed by atoms with Crippen LogP contribution in [0.25, 0.3) is 0 Å². The number of carbonyl (C=O) groups is 2. The summed E-state index contributed by atoms with van der Waals surface area (Å²) in [6.07, 6.45) is 1.18. The Kier molecular flexibility index (Phi) is 5.79. The summed E-state index contributed by atoms with van der Waals surface area (Å²) < 4.78 is 5.42. The van der Waals surface area contributed by atoms with Crippen LogP contribution in [0, 0.1) is 0 Å². The number of carboxylic acids is 1. The highest BCUT2D eigenvalue weighted by Gasteiger charge is 2.43. The first-order chi connectivity index (χ1) is 13.0. The Morgan fingerprint density at radius 1 is 1.04 bits per heavy atom. The Hall–Kier alpha value is -2.82. The number of hydrogen-bond acceptors (Lipinski definition) is 3. The second-order valence-corrected chi connectivity index (χ2v) is 6.89. The third-order valence-electron chi connectivity index (χ3n) is 5.30. The third-order valence-corrected chi connectivity index (χ3v) is 5.30. The number of ether oxygens (including phenoxy) is 1. The molecule has 1 N–H and O–H groups in total. The first-order valence-electron chi connectivity index (χ1n) is 9.33. The summed E-state index contributed by atoms with van der Waals surface area (Å²) in [6.45, 7) is 3.45. The van der Waals surface area contributed by atoms with Crippen LogP contribution in [0.1, 0.15) is 30.9 Å². The molecule has 0 bridgehead atoms. The standard InChI is InChI=1S/C22H25NO4/c1-2-27-19-10-8-17(9-11-19)16-20(24)23-14-12-22(13-15-23,21(25)26)18-6-4-3-5-7-18/h3-11H,2,12-16H2,1H3,(H,25,26). The van der Waals surface area contributed by atoms with Crippen LogP contribution < -0.4 is 4.74 Å². The zero-order valence-corrected chi connectivity index (χ0v) is 15.6. The van der Waals surface area contributed by atoms with E-state index in [9.17, 15) is 14.7 Å². The Balaban J connectivity index is 1.64. The van der Waals surface area contributed by atoms with Gasteiger partial charge >= 0.3 is 5.97 Å². The number of nitrogens with zero attached hydrogens (tertiary/aromatic N) is 1. The molecule has 0 atom stereocenters. The van der Waals surface area contributed by atoms with Gasteiger partial charge in [-0.3, -0.25) is 9.59 Å². The average Bonchev–Trinajstić information content (AvgIpc) is 2.70. The second kappa shape index (κ2) is 8.25. The number of carbonyl (C=O) groups excluding carboxylic acids is 1. The van der Waals surface area contributed by atoms with Crippen LogP contribution >= 0.6 is 0 Å². The van der Waals surface area contributed by atoms with Crippen molar-refractivity contribution < 1.29 is 19.4 Å². The Morgan fingerprint density at radius 2 is 1.67 bits per heavy atom. The molecular weight excluding hydrogens is 342 g/mol. The molecule has 1 heterocycles. The number of hydrogen-bond donors (Lipinski definition) is 1. The maximum Gasteiger partial charge on any atom is 0.314 e. The lowest BCUT2D eigenvalue weighted by molar-refractivity contribution is -0.148. The van der Waals surface area contributed by atoms with E-state index in [1.807, 2.05) is 61.5 Å². The molecule has 5 nitrogen and oxygen atoms in total. The number of benzene rings is 2.